The van der Waals surface area contributed by atoms with E-state index < -0.39 is 28.5 Å². The summed E-state index contributed by atoms with van der Waals surface area (Å²) in [6, 6.07) is 20.6. The molecular weight excluding hydrogens is 522 g/mol. The van der Waals surface area contributed by atoms with Crippen molar-refractivity contribution in [2.24, 2.45) is 5.92 Å². The maximum atomic E-state index is 14.1. The third-order valence-corrected chi connectivity index (χ3v) is 8.72. The minimum atomic E-state index is -4.09. The van der Waals surface area contributed by atoms with Crippen LogP contribution in [0.25, 0.3) is 0 Å². The molecule has 2 amide bonds. The molecule has 214 valence electrons. The van der Waals surface area contributed by atoms with Gasteiger partial charge in [0.15, 0.2) is 0 Å². The molecule has 0 spiro atoms. The van der Waals surface area contributed by atoms with Crippen molar-refractivity contribution in [3.63, 3.8) is 0 Å². The fourth-order valence-electron chi connectivity index (χ4n) is 4.37. The number of sulfonamides is 1. The summed E-state index contributed by atoms with van der Waals surface area (Å²) < 4.78 is 29.1. The summed E-state index contributed by atoms with van der Waals surface area (Å²) in [5, 5.41) is 2.95. The highest BCUT2D eigenvalue weighted by Crippen LogP contribution is 2.27. The van der Waals surface area contributed by atoms with E-state index >= 15 is 0 Å². The molecule has 7 nitrogen and oxygen atoms in total. The lowest BCUT2D eigenvalue weighted by atomic mass is 10.1. The van der Waals surface area contributed by atoms with E-state index in [1.807, 2.05) is 77.9 Å². The zero-order chi connectivity index (χ0) is 29.4. The summed E-state index contributed by atoms with van der Waals surface area (Å²) in [6.07, 6.45) is 0.386. The molecule has 1 atom stereocenters. The van der Waals surface area contributed by atoms with Gasteiger partial charge in [-0.15, -0.1) is 0 Å². The van der Waals surface area contributed by atoms with Crippen LogP contribution in [0, 0.1) is 26.7 Å². The van der Waals surface area contributed by atoms with Crippen LogP contribution in [0.1, 0.15) is 49.4 Å². The minimum absolute atomic E-state index is 0.0976. The van der Waals surface area contributed by atoms with Crippen molar-refractivity contribution in [1.29, 1.82) is 0 Å². The highest BCUT2D eigenvalue weighted by atomic mass is 32.2. The summed E-state index contributed by atoms with van der Waals surface area (Å²) in [7, 11) is -4.09. The van der Waals surface area contributed by atoms with Crippen molar-refractivity contribution in [3.8, 4) is 0 Å². The fourth-order valence-corrected chi connectivity index (χ4v) is 5.78. The molecule has 0 aliphatic heterocycles. The number of aryl methyl sites for hydroxylation is 3. The number of anilines is 1. The number of carbonyl (C=O) groups is 2. The summed E-state index contributed by atoms with van der Waals surface area (Å²) in [6.45, 7) is 11.8. The number of nitrogens with zero attached hydrogens (tertiary/aromatic N) is 2. The van der Waals surface area contributed by atoms with Gasteiger partial charge in [0.25, 0.3) is 10.0 Å². The first-order valence-corrected chi connectivity index (χ1v) is 15.2. The number of hydrogen-bond donors (Lipinski definition) is 1. The van der Waals surface area contributed by atoms with Gasteiger partial charge in [0.1, 0.15) is 12.6 Å². The number of nitrogens with one attached hydrogen (secondary N) is 1. The first kappa shape index (κ1) is 30.9. The Kier molecular flexibility index (Phi) is 10.5. The molecule has 0 aromatic heterocycles. The van der Waals surface area contributed by atoms with E-state index in [0.29, 0.717) is 18.7 Å². The topological polar surface area (TPSA) is 86.8 Å². The predicted octanol–water partition coefficient (Wildman–Crippen LogP) is 5.39. The van der Waals surface area contributed by atoms with Crippen molar-refractivity contribution in [1.82, 2.24) is 10.2 Å². The Morgan fingerprint density at radius 2 is 1.52 bits per heavy atom. The highest BCUT2D eigenvalue weighted by molar-refractivity contribution is 7.92. The van der Waals surface area contributed by atoms with Gasteiger partial charge in [-0.3, -0.25) is 13.9 Å². The summed E-state index contributed by atoms with van der Waals surface area (Å²) >= 11 is 0. The maximum Gasteiger partial charge on any atom is 0.264 e. The van der Waals surface area contributed by atoms with Gasteiger partial charge in [0.2, 0.25) is 11.8 Å². The average Bonchev–Trinajstić information content (AvgIpc) is 2.92. The number of carbonyl (C=O) groups excluding carboxylic acids is 2. The van der Waals surface area contributed by atoms with E-state index in [0.717, 1.165) is 26.6 Å². The standard InChI is InChI=1S/C32H41N3O4S/c1-7-30(32(37)33-20-23(2)3)34(21-27-11-9-8-10-12-27)31(36)22-35(28-16-15-25(5)26(6)19-28)40(38,39)29-17-13-24(4)14-18-29/h8-19,23,30H,7,20-22H2,1-6H3,(H,33,37). The molecule has 0 aliphatic rings. The molecule has 3 rings (SSSR count). The van der Waals surface area contributed by atoms with E-state index in [2.05, 4.69) is 5.32 Å². The number of rotatable bonds is 12. The Hall–Kier alpha value is -3.65. The van der Waals surface area contributed by atoms with Crippen molar-refractivity contribution in [2.75, 3.05) is 17.4 Å². The molecule has 1 N–H and O–H groups in total. The SMILES string of the molecule is CCC(C(=O)NCC(C)C)N(Cc1ccccc1)C(=O)CN(c1ccc(C)c(C)c1)S(=O)(=O)c1ccc(C)cc1. The van der Waals surface area contributed by atoms with Crippen LogP contribution < -0.4 is 9.62 Å². The lowest BCUT2D eigenvalue weighted by Gasteiger charge is -2.33. The van der Waals surface area contributed by atoms with E-state index in [1.165, 1.54) is 4.90 Å². The largest absolute Gasteiger partial charge is 0.354 e. The van der Waals surface area contributed by atoms with Crippen molar-refractivity contribution in [2.45, 2.75) is 65.4 Å². The third-order valence-electron chi connectivity index (χ3n) is 6.93. The smallest absolute Gasteiger partial charge is 0.264 e. The molecule has 0 saturated heterocycles. The van der Waals surface area contributed by atoms with E-state index in [1.54, 1.807) is 36.4 Å². The number of hydrogen-bond acceptors (Lipinski definition) is 4. The third kappa shape index (κ3) is 7.72. The van der Waals surface area contributed by atoms with Crippen LogP contribution in [0.3, 0.4) is 0 Å². The molecular formula is C32H41N3O4S. The summed E-state index contributed by atoms with van der Waals surface area (Å²) in [4.78, 5) is 29.0. The number of amides is 2. The quantitative estimate of drug-likeness (QED) is 0.320. The molecule has 0 saturated carbocycles. The second kappa shape index (κ2) is 13.6. The van der Waals surface area contributed by atoms with Crippen LogP contribution in [0.5, 0.6) is 0 Å². The molecule has 40 heavy (non-hydrogen) atoms. The lowest BCUT2D eigenvalue weighted by Crippen LogP contribution is -2.52. The Labute approximate surface area is 239 Å². The fraction of sp³-hybridized carbons (Fsp3) is 0.375. The van der Waals surface area contributed by atoms with E-state index in [4.69, 9.17) is 0 Å². The maximum absolute atomic E-state index is 14.1. The summed E-state index contributed by atoms with van der Waals surface area (Å²) in [5.74, 6) is -0.455. The van der Waals surface area contributed by atoms with Crippen LogP contribution in [0.15, 0.2) is 77.7 Å². The Morgan fingerprint density at radius 3 is 2.10 bits per heavy atom. The van der Waals surface area contributed by atoms with Crippen molar-refractivity contribution < 1.29 is 18.0 Å². The molecule has 0 fully saturated rings. The highest BCUT2D eigenvalue weighted by Gasteiger charge is 2.33. The molecule has 3 aromatic carbocycles. The van der Waals surface area contributed by atoms with Gasteiger partial charge in [-0.25, -0.2) is 8.42 Å². The molecule has 1 unspecified atom stereocenters. The minimum Gasteiger partial charge on any atom is -0.354 e. The van der Waals surface area contributed by atoms with Crippen molar-refractivity contribution >= 4 is 27.5 Å². The predicted molar refractivity (Wildman–Crippen MR) is 161 cm³/mol. The molecule has 0 bridgehead atoms. The van der Waals surface area contributed by atoms with Gasteiger partial charge in [0, 0.05) is 13.1 Å². The molecule has 8 heteroatoms. The van der Waals surface area contributed by atoms with Crippen molar-refractivity contribution in [3.05, 3.63) is 95.1 Å². The Bertz CT molecular complexity index is 1400. The molecule has 3 aromatic rings. The monoisotopic (exact) mass is 563 g/mol. The Balaban J connectivity index is 2.05. The van der Waals surface area contributed by atoms with Gasteiger partial charge >= 0.3 is 0 Å². The second-order valence-electron chi connectivity index (χ2n) is 10.7. The molecule has 0 heterocycles. The van der Waals surface area contributed by atoms with Gasteiger partial charge in [-0.05, 0) is 74.1 Å². The zero-order valence-electron chi connectivity index (χ0n) is 24.3. The molecule has 0 radical (unpaired) electrons. The van der Waals surface area contributed by atoms with E-state index in [9.17, 15) is 18.0 Å². The van der Waals surface area contributed by atoms with E-state index in [-0.39, 0.29) is 23.3 Å². The normalized spacial score (nSPS) is 12.2. The van der Waals surface area contributed by atoms with Crippen LogP contribution in [-0.4, -0.2) is 44.3 Å². The second-order valence-corrected chi connectivity index (χ2v) is 12.5. The first-order valence-electron chi connectivity index (χ1n) is 13.7. The van der Waals surface area contributed by atoms with Gasteiger partial charge in [-0.1, -0.05) is 74.9 Å². The number of benzene rings is 3. The van der Waals surface area contributed by atoms with Gasteiger partial charge in [0.05, 0.1) is 10.6 Å². The average molecular weight is 564 g/mol. The summed E-state index contributed by atoms with van der Waals surface area (Å²) in [5.41, 5.74) is 4.11. The van der Waals surface area contributed by atoms with Crippen LogP contribution in [0.4, 0.5) is 5.69 Å². The zero-order valence-corrected chi connectivity index (χ0v) is 25.2. The Morgan fingerprint density at radius 1 is 0.875 bits per heavy atom. The van der Waals surface area contributed by atoms with Gasteiger partial charge in [-0.2, -0.15) is 0 Å². The first-order chi connectivity index (χ1) is 18.9. The van der Waals surface area contributed by atoms with Crippen LogP contribution in [-0.2, 0) is 26.2 Å². The van der Waals surface area contributed by atoms with Crippen LogP contribution in [0.2, 0.25) is 0 Å². The van der Waals surface area contributed by atoms with Gasteiger partial charge < -0.3 is 10.2 Å². The van der Waals surface area contributed by atoms with Crippen LogP contribution >= 0.6 is 0 Å². The lowest BCUT2D eigenvalue weighted by molar-refractivity contribution is -0.140. The molecule has 0 aliphatic carbocycles.